The van der Waals surface area contributed by atoms with Gasteiger partial charge in [0.05, 0.1) is 5.56 Å². The molecule has 16 heavy (non-hydrogen) atoms. The molecule has 1 rings (SSSR count). The van der Waals surface area contributed by atoms with Crippen LogP contribution in [0.25, 0.3) is 0 Å². The van der Waals surface area contributed by atoms with Crippen LogP contribution in [-0.4, -0.2) is 37.1 Å². The molecule has 0 saturated carbocycles. The zero-order valence-electron chi connectivity index (χ0n) is 10.4. The average molecular weight is 221 g/mol. The van der Waals surface area contributed by atoms with Gasteiger partial charge in [0.2, 0.25) is 0 Å². The van der Waals surface area contributed by atoms with Crippen molar-refractivity contribution in [2.24, 2.45) is 0 Å². The highest BCUT2D eigenvalue weighted by Gasteiger charge is 2.22. The third-order valence-corrected chi connectivity index (χ3v) is 2.78. The first-order valence-corrected chi connectivity index (χ1v) is 5.33. The Morgan fingerprint density at radius 3 is 2.31 bits per heavy atom. The van der Waals surface area contributed by atoms with Gasteiger partial charge in [0.1, 0.15) is 6.61 Å². The SMILES string of the molecule is CN(C)C(C)(C)COC(=O)c1ccccc1. The molecule has 0 fully saturated rings. The Kier molecular flexibility index (Phi) is 4.07. The minimum Gasteiger partial charge on any atom is -0.460 e. The molecule has 0 aliphatic heterocycles. The number of hydrogen-bond donors (Lipinski definition) is 0. The summed E-state index contributed by atoms with van der Waals surface area (Å²) in [6, 6.07) is 9.04. The van der Waals surface area contributed by atoms with E-state index in [1.165, 1.54) is 0 Å². The maximum absolute atomic E-state index is 11.7. The van der Waals surface area contributed by atoms with Crippen molar-refractivity contribution in [2.45, 2.75) is 19.4 Å². The molecule has 0 unspecified atom stereocenters. The summed E-state index contributed by atoms with van der Waals surface area (Å²) >= 11 is 0. The van der Waals surface area contributed by atoms with Crippen molar-refractivity contribution in [3.05, 3.63) is 35.9 Å². The Morgan fingerprint density at radius 1 is 1.25 bits per heavy atom. The lowest BCUT2D eigenvalue weighted by molar-refractivity contribution is 0.0254. The molecule has 0 amide bonds. The van der Waals surface area contributed by atoms with Gasteiger partial charge in [-0.25, -0.2) is 4.79 Å². The Bertz CT molecular complexity index is 344. The first kappa shape index (κ1) is 12.7. The van der Waals surface area contributed by atoms with Crippen LogP contribution in [0.15, 0.2) is 30.3 Å². The number of hydrogen-bond acceptors (Lipinski definition) is 3. The van der Waals surface area contributed by atoms with Crippen molar-refractivity contribution in [1.82, 2.24) is 4.90 Å². The van der Waals surface area contributed by atoms with Gasteiger partial charge in [-0.2, -0.15) is 0 Å². The molecule has 0 spiro atoms. The summed E-state index contributed by atoms with van der Waals surface area (Å²) in [6.45, 7) is 4.45. The number of benzene rings is 1. The number of nitrogens with zero attached hydrogens (tertiary/aromatic N) is 1. The molecule has 0 aromatic heterocycles. The molecule has 0 heterocycles. The zero-order chi connectivity index (χ0) is 12.2. The van der Waals surface area contributed by atoms with Crippen molar-refractivity contribution >= 4 is 5.97 Å². The molecule has 3 nitrogen and oxygen atoms in total. The lowest BCUT2D eigenvalue weighted by Crippen LogP contribution is -2.43. The molecule has 0 aliphatic carbocycles. The highest BCUT2D eigenvalue weighted by molar-refractivity contribution is 5.89. The van der Waals surface area contributed by atoms with E-state index in [2.05, 4.69) is 0 Å². The highest BCUT2D eigenvalue weighted by atomic mass is 16.5. The van der Waals surface area contributed by atoms with E-state index in [-0.39, 0.29) is 11.5 Å². The maximum Gasteiger partial charge on any atom is 0.338 e. The smallest absolute Gasteiger partial charge is 0.338 e. The fraction of sp³-hybridized carbons (Fsp3) is 0.462. The molecular formula is C13H19NO2. The quantitative estimate of drug-likeness (QED) is 0.730. The summed E-state index contributed by atoms with van der Waals surface area (Å²) in [5.74, 6) is -0.268. The predicted molar refractivity (Wildman–Crippen MR) is 64.5 cm³/mol. The van der Waals surface area contributed by atoms with E-state index in [9.17, 15) is 4.79 Å². The Morgan fingerprint density at radius 2 is 1.81 bits per heavy atom. The molecular weight excluding hydrogens is 202 g/mol. The fourth-order valence-corrected chi connectivity index (χ4v) is 1.03. The molecule has 3 heteroatoms. The molecule has 0 aliphatic rings. The molecule has 0 saturated heterocycles. The van der Waals surface area contributed by atoms with Crippen LogP contribution < -0.4 is 0 Å². The topological polar surface area (TPSA) is 29.5 Å². The van der Waals surface area contributed by atoms with Gasteiger partial charge >= 0.3 is 5.97 Å². The van der Waals surface area contributed by atoms with E-state index in [4.69, 9.17) is 4.74 Å². The second kappa shape index (κ2) is 5.12. The van der Waals surface area contributed by atoms with Crippen molar-refractivity contribution in [2.75, 3.05) is 20.7 Å². The number of ether oxygens (including phenoxy) is 1. The summed E-state index contributed by atoms with van der Waals surface area (Å²) in [4.78, 5) is 13.7. The number of likely N-dealkylation sites (N-methyl/N-ethyl adjacent to an activating group) is 1. The normalized spacial score (nSPS) is 11.6. The summed E-state index contributed by atoms with van der Waals surface area (Å²) in [6.07, 6.45) is 0. The third-order valence-electron chi connectivity index (χ3n) is 2.78. The molecule has 88 valence electrons. The van der Waals surface area contributed by atoms with Gasteiger partial charge in [-0.3, -0.25) is 0 Å². The largest absolute Gasteiger partial charge is 0.460 e. The minimum atomic E-state index is -0.268. The first-order chi connectivity index (χ1) is 7.43. The van der Waals surface area contributed by atoms with Gasteiger partial charge in [0, 0.05) is 5.54 Å². The monoisotopic (exact) mass is 221 g/mol. The van der Waals surface area contributed by atoms with Crippen molar-refractivity contribution in [3.63, 3.8) is 0 Å². The van der Waals surface area contributed by atoms with Crippen LogP contribution in [0.2, 0.25) is 0 Å². The van der Waals surface area contributed by atoms with Crippen molar-refractivity contribution < 1.29 is 9.53 Å². The summed E-state index contributed by atoms with van der Waals surface area (Å²) in [5, 5.41) is 0. The van der Waals surface area contributed by atoms with Gasteiger partial charge in [0.15, 0.2) is 0 Å². The van der Waals surface area contributed by atoms with E-state index in [1.807, 2.05) is 51.0 Å². The number of carbonyl (C=O) groups is 1. The lowest BCUT2D eigenvalue weighted by Gasteiger charge is -2.31. The van der Waals surface area contributed by atoms with E-state index < -0.39 is 0 Å². The fourth-order valence-electron chi connectivity index (χ4n) is 1.03. The zero-order valence-corrected chi connectivity index (χ0v) is 10.4. The molecule has 0 N–H and O–H groups in total. The summed E-state index contributed by atoms with van der Waals surface area (Å²) in [7, 11) is 3.94. The third kappa shape index (κ3) is 3.35. The number of carbonyl (C=O) groups excluding carboxylic acids is 1. The predicted octanol–water partition coefficient (Wildman–Crippen LogP) is 2.18. The second-order valence-electron chi connectivity index (χ2n) is 4.65. The van der Waals surface area contributed by atoms with Crippen LogP contribution in [0.5, 0.6) is 0 Å². The standard InChI is InChI=1S/C13H19NO2/c1-13(2,14(3)4)10-16-12(15)11-8-6-5-7-9-11/h5-9H,10H2,1-4H3. The maximum atomic E-state index is 11.7. The Hall–Kier alpha value is -1.35. The van der Waals surface area contributed by atoms with Crippen molar-refractivity contribution in [1.29, 1.82) is 0 Å². The average Bonchev–Trinajstić information content (AvgIpc) is 2.27. The minimum absolute atomic E-state index is 0.148. The van der Waals surface area contributed by atoms with E-state index >= 15 is 0 Å². The van der Waals surface area contributed by atoms with E-state index in [0.717, 1.165) is 0 Å². The molecule has 0 bridgehead atoms. The van der Waals surface area contributed by atoms with Gasteiger partial charge in [-0.15, -0.1) is 0 Å². The molecule has 1 aromatic carbocycles. The van der Waals surface area contributed by atoms with Crippen LogP contribution in [0, 0.1) is 0 Å². The Labute approximate surface area is 97.0 Å². The molecule has 0 atom stereocenters. The van der Waals surface area contributed by atoms with Crippen LogP contribution in [0.1, 0.15) is 24.2 Å². The molecule has 0 radical (unpaired) electrons. The number of rotatable bonds is 4. The highest BCUT2D eigenvalue weighted by Crippen LogP contribution is 2.11. The summed E-state index contributed by atoms with van der Waals surface area (Å²) < 4.78 is 5.27. The second-order valence-corrected chi connectivity index (χ2v) is 4.65. The Balaban J connectivity index is 2.54. The van der Waals surface area contributed by atoms with E-state index in [1.54, 1.807) is 12.1 Å². The van der Waals surface area contributed by atoms with Gasteiger partial charge in [0.25, 0.3) is 0 Å². The van der Waals surface area contributed by atoms with Gasteiger partial charge in [-0.1, -0.05) is 18.2 Å². The van der Waals surface area contributed by atoms with Crippen LogP contribution in [0.3, 0.4) is 0 Å². The first-order valence-electron chi connectivity index (χ1n) is 5.33. The van der Waals surface area contributed by atoms with Crippen LogP contribution in [-0.2, 0) is 4.74 Å². The lowest BCUT2D eigenvalue weighted by atomic mass is 10.1. The van der Waals surface area contributed by atoms with Crippen LogP contribution in [0.4, 0.5) is 0 Å². The van der Waals surface area contributed by atoms with Gasteiger partial charge in [-0.05, 0) is 40.1 Å². The summed E-state index contributed by atoms with van der Waals surface area (Å²) in [5.41, 5.74) is 0.446. The van der Waals surface area contributed by atoms with Crippen LogP contribution >= 0.6 is 0 Å². The van der Waals surface area contributed by atoms with E-state index in [0.29, 0.717) is 12.2 Å². The van der Waals surface area contributed by atoms with Gasteiger partial charge < -0.3 is 9.64 Å². The van der Waals surface area contributed by atoms with Crippen molar-refractivity contribution in [3.8, 4) is 0 Å². The molecule has 1 aromatic rings. The number of esters is 1.